The number of rotatable bonds is 4. The van der Waals surface area contributed by atoms with Gasteiger partial charge in [0.05, 0.1) is 0 Å². The zero-order chi connectivity index (χ0) is 19.7. The van der Waals surface area contributed by atoms with Crippen molar-refractivity contribution in [3.05, 3.63) is 53.3 Å². The van der Waals surface area contributed by atoms with Gasteiger partial charge >= 0.3 is 170 Å². The van der Waals surface area contributed by atoms with Gasteiger partial charge in [-0.3, -0.25) is 0 Å². The topological polar surface area (TPSA) is 81.6 Å². The van der Waals surface area contributed by atoms with E-state index in [2.05, 4.69) is 14.9 Å². The first kappa shape index (κ1) is 19.1. The Morgan fingerprint density at radius 2 is 2.07 bits per heavy atom. The van der Waals surface area contributed by atoms with Crippen molar-refractivity contribution in [3.8, 4) is 11.3 Å². The molecule has 2 aromatic heterocycles. The second kappa shape index (κ2) is 8.00. The molecule has 0 unspecified atom stereocenters. The van der Waals surface area contributed by atoms with Gasteiger partial charge in [-0.25, -0.2) is 0 Å². The molecule has 1 aliphatic rings. The third kappa shape index (κ3) is 4.10. The summed E-state index contributed by atoms with van der Waals surface area (Å²) in [5.41, 5.74) is 4.30. The Balaban J connectivity index is 1.81. The molecule has 2 N–H and O–H groups in total. The van der Waals surface area contributed by atoms with Crippen LogP contribution in [0, 0.1) is 0 Å². The van der Waals surface area contributed by atoms with Gasteiger partial charge in [-0.05, 0) is 0 Å². The van der Waals surface area contributed by atoms with Crippen molar-refractivity contribution in [2.24, 2.45) is 0 Å². The van der Waals surface area contributed by atoms with Crippen LogP contribution in [0.3, 0.4) is 0 Å². The fraction of sp³-hybridized carbons (Fsp3) is 0.263. The molecule has 1 fully saturated rings. The zero-order valence-electron chi connectivity index (χ0n) is 15.3. The van der Waals surface area contributed by atoms with Gasteiger partial charge in [-0.1, -0.05) is 0 Å². The predicted octanol–water partition coefficient (Wildman–Crippen LogP) is 2.51. The van der Waals surface area contributed by atoms with E-state index in [0.29, 0.717) is 24.7 Å². The normalized spacial score (nSPS) is 15.1. The van der Waals surface area contributed by atoms with Crippen LogP contribution in [0.4, 0.5) is 5.69 Å². The van der Waals surface area contributed by atoms with E-state index in [1.54, 1.807) is 6.26 Å². The van der Waals surface area contributed by atoms with E-state index in [4.69, 9.17) is 16.6 Å². The minimum absolute atomic E-state index is 0.0249. The molecule has 1 saturated heterocycles. The number of aromatic nitrogens is 2. The summed E-state index contributed by atoms with van der Waals surface area (Å²) in [6.07, 6.45) is 3.48. The number of benzene rings is 1. The number of hydrogen-bond donors (Lipinski definition) is 2. The van der Waals surface area contributed by atoms with E-state index >= 15 is 0 Å². The first-order valence-corrected chi connectivity index (χ1v) is 10.8. The van der Waals surface area contributed by atoms with Gasteiger partial charge in [-0.15, -0.1) is 0 Å². The van der Waals surface area contributed by atoms with Crippen LogP contribution in [-0.2, 0) is 26.2 Å². The van der Waals surface area contributed by atoms with Gasteiger partial charge in [0.2, 0.25) is 0 Å². The summed E-state index contributed by atoms with van der Waals surface area (Å²) in [5.74, 6) is 0.0249. The van der Waals surface area contributed by atoms with Crippen molar-refractivity contribution in [3.63, 3.8) is 0 Å². The van der Waals surface area contributed by atoms with Crippen LogP contribution < -0.4 is 10.0 Å². The third-order valence-electron chi connectivity index (χ3n) is 4.59. The molecule has 0 bridgehead atoms. The summed E-state index contributed by atoms with van der Waals surface area (Å²) in [4.78, 5) is 18.7. The minimum atomic E-state index is -1.17. The predicted molar refractivity (Wildman–Crippen MR) is 112 cm³/mol. The average molecular weight is 418 g/mol. The molecule has 9 heteroatoms. The molecule has 0 spiro atoms. The van der Waals surface area contributed by atoms with E-state index in [0.717, 1.165) is 34.8 Å². The first-order valence-electron chi connectivity index (χ1n) is 8.85. The molecule has 0 atom stereocenters. The number of halogens is 1. The maximum atomic E-state index is 11.8. The molecule has 1 aliphatic heterocycles. The zero-order valence-corrected chi connectivity index (χ0v) is 16.9. The van der Waals surface area contributed by atoms with E-state index < -0.39 is 10.8 Å². The van der Waals surface area contributed by atoms with Gasteiger partial charge in [0, 0.05) is 0 Å². The van der Waals surface area contributed by atoms with Crippen LogP contribution in [0.2, 0.25) is 5.02 Å². The molecule has 3 heterocycles. The van der Waals surface area contributed by atoms with Crippen molar-refractivity contribution in [2.75, 3.05) is 30.6 Å². The molecule has 28 heavy (non-hydrogen) atoms. The van der Waals surface area contributed by atoms with Crippen LogP contribution in [0.1, 0.15) is 5.69 Å². The Kier molecular flexibility index (Phi) is 5.45. The van der Waals surface area contributed by atoms with Crippen molar-refractivity contribution in [1.82, 2.24) is 19.6 Å². The van der Waals surface area contributed by atoms with Crippen LogP contribution in [-0.4, -0.2) is 46.1 Å². The maximum absolute atomic E-state index is 11.8. The summed E-state index contributed by atoms with van der Waals surface area (Å²) >= 11 is 6.04. The van der Waals surface area contributed by atoms with Crippen LogP contribution in [0.5, 0.6) is 0 Å². The molecule has 4 rings (SSSR count). The number of hydrogen-bond acceptors (Lipinski definition) is 5. The number of pyridine rings is 1. The van der Waals surface area contributed by atoms with Gasteiger partial charge in [0.15, 0.2) is 0 Å². The quantitative estimate of drug-likeness (QED) is 0.505. The fourth-order valence-electron chi connectivity index (χ4n) is 3.35. The number of amides is 1. The van der Waals surface area contributed by atoms with Crippen molar-refractivity contribution in [1.29, 1.82) is 0 Å². The molecular weight excluding hydrogens is 398 g/mol. The summed E-state index contributed by atoms with van der Waals surface area (Å²) in [7, 11) is -1.17. The molecule has 0 aliphatic carbocycles. The SMILES string of the molecule is C[S-](#[O+])Nc1ccc2nc(-c3ccc(Cl)cc3)c(CN3CCNC(=O)C3)n2c1. The molecule has 3 aromatic rings. The average Bonchev–Trinajstić information content (AvgIpc) is 3.00. The number of carbonyl (C=O) groups is 1. The third-order valence-corrected chi connectivity index (χ3v) is 5.36. The number of carbonyl (C=O) groups excluding carboxylic acids is 1. The Morgan fingerprint density at radius 3 is 2.79 bits per heavy atom. The Morgan fingerprint density at radius 1 is 1.29 bits per heavy atom. The molecule has 7 nitrogen and oxygen atoms in total. The summed E-state index contributed by atoms with van der Waals surface area (Å²) in [5, 5.41) is 3.52. The standard InChI is InChI=1S/C19H20ClN5O2S/c1-28(27)23-15-6-7-17-22-19(13-2-4-14(20)5-3-13)16(25(17)10-15)11-24-9-8-21-18(26)12-24/h2-7,10,23H,8-9,11-12H2,1H3,(H,21,26). The van der Waals surface area contributed by atoms with Crippen molar-refractivity contribution < 1.29 is 8.84 Å². The van der Waals surface area contributed by atoms with Crippen molar-refractivity contribution in [2.45, 2.75) is 6.54 Å². The van der Waals surface area contributed by atoms with Gasteiger partial charge in [0.1, 0.15) is 0 Å². The molecule has 1 aromatic carbocycles. The fourth-order valence-corrected chi connectivity index (χ4v) is 3.93. The number of fused-ring (bicyclic) bond motifs is 1. The molecule has 1 amide bonds. The number of piperazine rings is 1. The summed E-state index contributed by atoms with van der Waals surface area (Å²) in [6.45, 7) is 2.33. The van der Waals surface area contributed by atoms with Gasteiger partial charge < -0.3 is 0 Å². The Hall–Kier alpha value is -2.26. The molecule has 146 valence electrons. The summed E-state index contributed by atoms with van der Waals surface area (Å²) < 4.78 is 16.5. The van der Waals surface area contributed by atoms with E-state index in [9.17, 15) is 8.84 Å². The Labute approximate surface area is 170 Å². The van der Waals surface area contributed by atoms with Crippen LogP contribution >= 0.6 is 11.6 Å². The Bertz CT molecular complexity index is 1100. The molecular formula is C19H20ClN5O2S. The van der Waals surface area contributed by atoms with Gasteiger partial charge in [0.25, 0.3) is 0 Å². The van der Waals surface area contributed by atoms with E-state index in [-0.39, 0.29) is 5.91 Å². The van der Waals surface area contributed by atoms with E-state index in [1.807, 2.05) is 47.0 Å². The number of imidazole rings is 1. The van der Waals surface area contributed by atoms with Crippen molar-refractivity contribution >= 4 is 39.7 Å². The molecule has 0 saturated carbocycles. The second-order valence-electron chi connectivity index (χ2n) is 6.68. The number of anilines is 1. The summed E-state index contributed by atoms with van der Waals surface area (Å²) in [6, 6.07) is 11.3. The number of nitrogens with zero attached hydrogens (tertiary/aromatic N) is 3. The van der Waals surface area contributed by atoms with Gasteiger partial charge in [-0.2, -0.15) is 0 Å². The second-order valence-corrected chi connectivity index (χ2v) is 8.23. The number of nitrogens with one attached hydrogen (secondary N) is 2. The van der Waals surface area contributed by atoms with Crippen LogP contribution in [0.25, 0.3) is 16.9 Å². The monoisotopic (exact) mass is 417 g/mol. The molecule has 0 radical (unpaired) electrons. The van der Waals surface area contributed by atoms with E-state index in [1.165, 1.54) is 0 Å². The van der Waals surface area contributed by atoms with Crippen LogP contribution in [0.15, 0.2) is 42.6 Å². The first-order chi connectivity index (χ1) is 13.5.